The highest BCUT2D eigenvalue weighted by Crippen LogP contribution is 2.55. The van der Waals surface area contributed by atoms with E-state index in [1.54, 1.807) is 24.3 Å². The second kappa shape index (κ2) is 6.29. The molecule has 5 rings (SSSR count). The molecule has 0 unspecified atom stereocenters. The van der Waals surface area contributed by atoms with E-state index in [1.807, 2.05) is 18.7 Å². The minimum absolute atomic E-state index is 0.00474. The molecule has 0 aliphatic carbocycles. The van der Waals surface area contributed by atoms with Crippen LogP contribution >= 0.6 is 0 Å². The molecule has 5 atom stereocenters. The van der Waals surface area contributed by atoms with E-state index < -0.39 is 33.5 Å². The van der Waals surface area contributed by atoms with Crippen molar-refractivity contribution in [1.29, 1.82) is 0 Å². The second-order valence-electron chi connectivity index (χ2n) is 8.00. The summed E-state index contributed by atoms with van der Waals surface area (Å²) in [5, 5.41) is 22.0. The summed E-state index contributed by atoms with van der Waals surface area (Å²) in [4.78, 5) is 23.1. The smallest absolute Gasteiger partial charge is 0.269 e. The molecule has 0 aromatic heterocycles. The van der Waals surface area contributed by atoms with Gasteiger partial charge in [0.15, 0.2) is 0 Å². The van der Waals surface area contributed by atoms with Gasteiger partial charge in [0.05, 0.1) is 16.5 Å². The number of non-ortho nitro benzene ring substituents is 2. The zero-order chi connectivity index (χ0) is 21.3. The Kier molecular flexibility index (Phi) is 4.00. The molecule has 2 aromatic rings. The molecule has 0 saturated carbocycles. The van der Waals surface area contributed by atoms with Crippen molar-refractivity contribution in [2.75, 3.05) is 6.61 Å². The van der Waals surface area contributed by atoms with E-state index in [0.717, 1.165) is 11.1 Å². The summed E-state index contributed by atoms with van der Waals surface area (Å²) < 4.78 is 18.8. The number of nitro groups is 2. The Hall–Kier alpha value is -2.92. The van der Waals surface area contributed by atoms with Crippen molar-refractivity contribution in [3.63, 3.8) is 0 Å². The maximum absolute atomic E-state index is 11.0. The van der Waals surface area contributed by atoms with Gasteiger partial charge in [-0.15, -0.1) is 0 Å². The highest BCUT2D eigenvalue weighted by atomic mass is 16.7. The van der Waals surface area contributed by atoms with Crippen molar-refractivity contribution in [2.45, 2.75) is 43.7 Å². The Morgan fingerprint density at radius 2 is 1.30 bits per heavy atom. The first-order valence-electron chi connectivity index (χ1n) is 9.48. The van der Waals surface area contributed by atoms with Crippen LogP contribution in [0.15, 0.2) is 48.5 Å². The van der Waals surface area contributed by atoms with Gasteiger partial charge in [0.1, 0.15) is 29.9 Å². The van der Waals surface area contributed by atoms with Crippen molar-refractivity contribution in [2.24, 2.45) is 0 Å². The number of ether oxygens (including phenoxy) is 3. The zero-order valence-electron chi connectivity index (χ0n) is 16.3. The number of benzene rings is 2. The van der Waals surface area contributed by atoms with E-state index in [0.29, 0.717) is 6.61 Å². The molecular weight excluding hydrogens is 394 g/mol. The first kappa shape index (κ1) is 19.1. The van der Waals surface area contributed by atoms with E-state index in [2.05, 4.69) is 0 Å². The van der Waals surface area contributed by atoms with Crippen molar-refractivity contribution >= 4 is 11.4 Å². The highest BCUT2D eigenvalue weighted by Gasteiger charge is 2.68. The fraction of sp³-hybridized carbons (Fsp3) is 0.400. The number of nitrogens with zero attached hydrogens (tertiary/aromatic N) is 3. The van der Waals surface area contributed by atoms with Crippen LogP contribution in [-0.2, 0) is 25.4 Å². The topological polar surface area (TPSA) is 117 Å². The Labute approximate surface area is 171 Å². The SMILES string of the molecule is C[C@@]1(c2ccc([N+](=O)[O-])cc2)O[C@H]2CO[C@@H]3N2[C@H]1O[C@]3(C)c1ccc([N+](=O)[O-])cc1. The lowest BCUT2D eigenvalue weighted by molar-refractivity contribution is -0.385. The largest absolute Gasteiger partial charge is 0.355 e. The summed E-state index contributed by atoms with van der Waals surface area (Å²) >= 11 is 0. The van der Waals surface area contributed by atoms with Gasteiger partial charge < -0.3 is 14.2 Å². The van der Waals surface area contributed by atoms with E-state index in [-0.39, 0.29) is 17.6 Å². The number of hydrogen-bond donors (Lipinski definition) is 0. The third kappa shape index (κ3) is 2.51. The number of hydrogen-bond acceptors (Lipinski definition) is 8. The molecule has 156 valence electrons. The average molecular weight is 413 g/mol. The molecule has 10 heteroatoms. The summed E-state index contributed by atoms with van der Waals surface area (Å²) in [6, 6.07) is 12.5. The maximum atomic E-state index is 11.0. The van der Waals surface area contributed by atoms with Crippen LogP contribution in [0.4, 0.5) is 11.4 Å². The summed E-state index contributed by atoms with van der Waals surface area (Å²) in [6.45, 7) is 4.15. The quantitative estimate of drug-likeness (QED) is 0.555. The monoisotopic (exact) mass is 413 g/mol. The molecule has 3 aliphatic rings. The molecule has 3 fully saturated rings. The molecule has 0 spiro atoms. The van der Waals surface area contributed by atoms with Crippen LogP contribution in [-0.4, -0.2) is 40.0 Å². The molecule has 30 heavy (non-hydrogen) atoms. The lowest BCUT2D eigenvalue weighted by Gasteiger charge is -2.32. The molecular formula is C20H19N3O7. The van der Waals surface area contributed by atoms with E-state index in [9.17, 15) is 20.2 Å². The Morgan fingerprint density at radius 3 is 1.77 bits per heavy atom. The van der Waals surface area contributed by atoms with Crippen molar-refractivity contribution in [1.82, 2.24) is 4.90 Å². The highest BCUT2D eigenvalue weighted by molar-refractivity contribution is 5.39. The van der Waals surface area contributed by atoms with Gasteiger partial charge in [-0.25, -0.2) is 4.90 Å². The predicted molar refractivity (Wildman–Crippen MR) is 102 cm³/mol. The van der Waals surface area contributed by atoms with Crippen LogP contribution in [0.2, 0.25) is 0 Å². The van der Waals surface area contributed by atoms with Crippen molar-refractivity contribution in [3.05, 3.63) is 79.9 Å². The lowest BCUT2D eigenvalue weighted by atomic mass is 9.93. The number of nitro benzene ring substituents is 2. The molecule has 10 nitrogen and oxygen atoms in total. The average Bonchev–Trinajstić information content (AvgIpc) is 3.36. The van der Waals surface area contributed by atoms with Crippen LogP contribution < -0.4 is 0 Å². The molecule has 3 saturated heterocycles. The van der Waals surface area contributed by atoms with Gasteiger partial charge in [0.2, 0.25) is 0 Å². The van der Waals surface area contributed by atoms with Crippen molar-refractivity contribution < 1.29 is 24.1 Å². The van der Waals surface area contributed by atoms with Crippen LogP contribution in [0.25, 0.3) is 0 Å². The summed E-state index contributed by atoms with van der Waals surface area (Å²) in [5.41, 5.74) is -0.186. The van der Waals surface area contributed by atoms with Gasteiger partial charge >= 0.3 is 0 Å². The van der Waals surface area contributed by atoms with Gasteiger partial charge in [0, 0.05) is 24.3 Å². The van der Waals surface area contributed by atoms with Crippen LogP contribution in [0, 0.1) is 20.2 Å². The molecule has 2 aromatic carbocycles. The lowest BCUT2D eigenvalue weighted by Crippen LogP contribution is -2.40. The Morgan fingerprint density at radius 1 is 0.833 bits per heavy atom. The van der Waals surface area contributed by atoms with Gasteiger partial charge in [0.25, 0.3) is 11.4 Å². The third-order valence-corrected chi connectivity index (χ3v) is 6.25. The van der Waals surface area contributed by atoms with Crippen molar-refractivity contribution in [3.8, 4) is 0 Å². The Balaban J connectivity index is 1.51. The molecule has 0 radical (unpaired) electrons. The van der Waals surface area contributed by atoms with Crippen LogP contribution in [0.3, 0.4) is 0 Å². The van der Waals surface area contributed by atoms with Gasteiger partial charge in [-0.3, -0.25) is 20.2 Å². The van der Waals surface area contributed by atoms with Gasteiger partial charge in [-0.1, -0.05) is 0 Å². The summed E-state index contributed by atoms with van der Waals surface area (Å²) in [5.74, 6) is 0. The second-order valence-corrected chi connectivity index (χ2v) is 8.00. The molecule has 3 aliphatic heterocycles. The summed E-state index contributed by atoms with van der Waals surface area (Å²) in [7, 11) is 0. The minimum Gasteiger partial charge on any atom is -0.355 e. The maximum Gasteiger partial charge on any atom is 0.269 e. The number of rotatable bonds is 4. The first-order valence-corrected chi connectivity index (χ1v) is 9.48. The van der Waals surface area contributed by atoms with Crippen LogP contribution in [0.5, 0.6) is 0 Å². The fourth-order valence-corrected chi connectivity index (χ4v) is 4.65. The molecule has 0 bridgehead atoms. The van der Waals surface area contributed by atoms with Gasteiger partial charge in [-0.05, 0) is 49.2 Å². The fourth-order valence-electron chi connectivity index (χ4n) is 4.65. The predicted octanol–water partition coefficient (Wildman–Crippen LogP) is 3.00. The first-order chi connectivity index (χ1) is 14.2. The van der Waals surface area contributed by atoms with E-state index >= 15 is 0 Å². The molecule has 3 heterocycles. The van der Waals surface area contributed by atoms with E-state index in [4.69, 9.17) is 14.2 Å². The molecule has 0 amide bonds. The Bertz CT molecular complexity index is 970. The normalized spacial score (nSPS) is 34.8. The van der Waals surface area contributed by atoms with E-state index in [1.165, 1.54) is 24.3 Å². The van der Waals surface area contributed by atoms with Gasteiger partial charge in [-0.2, -0.15) is 0 Å². The van der Waals surface area contributed by atoms with Crippen LogP contribution in [0.1, 0.15) is 25.0 Å². The minimum atomic E-state index is -0.861. The summed E-state index contributed by atoms with van der Waals surface area (Å²) in [6.07, 6.45) is -1.23. The zero-order valence-corrected chi connectivity index (χ0v) is 16.3. The standard InChI is InChI=1S/C20H19N3O7/c1-19(12-3-7-14(8-4-12)22(24)25)17-21-16(11-28-17)29-20(2,18(21)30-19)13-5-9-15(10-6-13)23(26)27/h3-10,16-18H,11H2,1-2H3/t16-,17-,18-,19+,20-/m0/s1. The third-order valence-electron chi connectivity index (χ3n) is 6.25. The molecule has 0 N–H and O–H groups in total.